The summed E-state index contributed by atoms with van der Waals surface area (Å²) in [5.41, 5.74) is -0.101. The van der Waals surface area contributed by atoms with Crippen molar-refractivity contribution in [3.63, 3.8) is 0 Å². The summed E-state index contributed by atoms with van der Waals surface area (Å²) in [6.45, 7) is 0. The molecular weight excluding hydrogens is 239 g/mol. The molecule has 2 aromatic rings. The van der Waals surface area contributed by atoms with E-state index in [2.05, 4.69) is 4.98 Å². The first-order chi connectivity index (χ1) is 7.47. The van der Waals surface area contributed by atoms with E-state index < -0.39 is 11.7 Å². The van der Waals surface area contributed by atoms with Gasteiger partial charge in [-0.05, 0) is 17.7 Å². The standard InChI is InChI=1S/C10H6F3NOS/c11-10(12,13)7-3-1-6(2-4-7)8-5-14-9(15)16-8/h1-5H,(H,14,15). The summed E-state index contributed by atoms with van der Waals surface area (Å²) in [4.78, 5) is 13.7. The lowest BCUT2D eigenvalue weighted by molar-refractivity contribution is -0.137. The summed E-state index contributed by atoms with van der Waals surface area (Å²) in [5, 5.41) is 0. The first-order valence-corrected chi connectivity index (χ1v) is 5.14. The average Bonchev–Trinajstić information content (AvgIpc) is 2.64. The van der Waals surface area contributed by atoms with Crippen LogP contribution >= 0.6 is 11.3 Å². The molecule has 16 heavy (non-hydrogen) atoms. The van der Waals surface area contributed by atoms with Crippen molar-refractivity contribution in [1.29, 1.82) is 0 Å². The minimum absolute atomic E-state index is 0.227. The minimum atomic E-state index is -4.33. The summed E-state index contributed by atoms with van der Waals surface area (Å²) in [7, 11) is 0. The Morgan fingerprint density at radius 1 is 1.12 bits per heavy atom. The number of aromatic nitrogens is 1. The van der Waals surface area contributed by atoms with Gasteiger partial charge < -0.3 is 4.98 Å². The van der Waals surface area contributed by atoms with E-state index >= 15 is 0 Å². The first-order valence-electron chi connectivity index (χ1n) is 4.33. The highest BCUT2D eigenvalue weighted by atomic mass is 32.1. The minimum Gasteiger partial charge on any atom is -0.319 e. The topological polar surface area (TPSA) is 32.9 Å². The second-order valence-electron chi connectivity index (χ2n) is 3.12. The number of hydrogen-bond donors (Lipinski definition) is 1. The highest BCUT2D eigenvalue weighted by Gasteiger charge is 2.29. The maximum Gasteiger partial charge on any atom is 0.416 e. The Morgan fingerprint density at radius 3 is 2.19 bits per heavy atom. The molecule has 0 spiro atoms. The second kappa shape index (κ2) is 3.79. The van der Waals surface area contributed by atoms with E-state index in [9.17, 15) is 18.0 Å². The molecule has 0 amide bonds. The summed E-state index contributed by atoms with van der Waals surface area (Å²) in [6.07, 6.45) is -2.85. The summed E-state index contributed by atoms with van der Waals surface area (Å²) >= 11 is 0.962. The van der Waals surface area contributed by atoms with E-state index in [1.54, 1.807) is 0 Å². The van der Waals surface area contributed by atoms with Crippen molar-refractivity contribution < 1.29 is 13.2 Å². The van der Waals surface area contributed by atoms with Crippen molar-refractivity contribution in [2.24, 2.45) is 0 Å². The van der Waals surface area contributed by atoms with Crippen LogP contribution in [0.5, 0.6) is 0 Å². The van der Waals surface area contributed by atoms with Crippen LogP contribution in [0.25, 0.3) is 10.4 Å². The Bertz CT molecular complexity index is 538. The van der Waals surface area contributed by atoms with Crippen LogP contribution in [0.3, 0.4) is 0 Å². The molecule has 2 rings (SSSR count). The summed E-state index contributed by atoms with van der Waals surface area (Å²) in [5.74, 6) is 0. The number of rotatable bonds is 1. The molecule has 0 aliphatic rings. The molecular formula is C10H6F3NOS. The molecule has 6 heteroatoms. The van der Waals surface area contributed by atoms with Crippen LogP contribution < -0.4 is 4.87 Å². The van der Waals surface area contributed by atoms with E-state index in [4.69, 9.17) is 0 Å². The number of nitrogens with one attached hydrogen (secondary N) is 1. The van der Waals surface area contributed by atoms with Gasteiger partial charge in [0.05, 0.1) is 10.4 Å². The molecule has 1 heterocycles. The predicted molar refractivity (Wildman–Crippen MR) is 55.4 cm³/mol. The van der Waals surface area contributed by atoms with Gasteiger partial charge in [0.2, 0.25) is 0 Å². The lowest BCUT2D eigenvalue weighted by Crippen LogP contribution is -2.03. The van der Waals surface area contributed by atoms with Gasteiger partial charge >= 0.3 is 11.0 Å². The predicted octanol–water partition coefficient (Wildman–Crippen LogP) is 3.12. The molecule has 0 fully saturated rings. The molecule has 1 aromatic heterocycles. The van der Waals surface area contributed by atoms with Gasteiger partial charge in [0, 0.05) is 6.20 Å². The number of H-pyrrole nitrogens is 1. The van der Waals surface area contributed by atoms with Gasteiger partial charge in [-0.2, -0.15) is 13.2 Å². The number of benzene rings is 1. The third-order valence-electron chi connectivity index (χ3n) is 2.02. The molecule has 0 bridgehead atoms. The van der Waals surface area contributed by atoms with Crippen LogP contribution in [0.15, 0.2) is 35.3 Å². The fourth-order valence-corrected chi connectivity index (χ4v) is 1.94. The molecule has 0 saturated heterocycles. The molecule has 0 aliphatic heterocycles. The number of halogens is 3. The fourth-order valence-electron chi connectivity index (χ4n) is 1.25. The molecule has 84 valence electrons. The van der Waals surface area contributed by atoms with Crippen LogP contribution in [0.4, 0.5) is 13.2 Å². The maximum atomic E-state index is 12.3. The van der Waals surface area contributed by atoms with Crippen LogP contribution in [-0.4, -0.2) is 4.98 Å². The van der Waals surface area contributed by atoms with Crippen LogP contribution in [0.1, 0.15) is 5.56 Å². The van der Waals surface area contributed by atoms with E-state index in [1.165, 1.54) is 18.3 Å². The van der Waals surface area contributed by atoms with Gasteiger partial charge in [0.15, 0.2) is 0 Å². The number of hydrogen-bond acceptors (Lipinski definition) is 2. The Labute approximate surface area is 92.4 Å². The normalized spacial score (nSPS) is 11.7. The summed E-state index contributed by atoms with van der Waals surface area (Å²) in [6, 6.07) is 4.70. The first kappa shape index (κ1) is 10.9. The molecule has 1 aromatic carbocycles. The molecule has 2 nitrogen and oxygen atoms in total. The van der Waals surface area contributed by atoms with Crippen molar-refractivity contribution >= 4 is 11.3 Å². The Balaban J connectivity index is 2.36. The van der Waals surface area contributed by atoms with E-state index in [0.717, 1.165) is 23.5 Å². The monoisotopic (exact) mass is 245 g/mol. The van der Waals surface area contributed by atoms with Gasteiger partial charge in [-0.25, -0.2) is 0 Å². The zero-order valence-electron chi connectivity index (χ0n) is 7.84. The largest absolute Gasteiger partial charge is 0.416 e. The highest BCUT2D eigenvalue weighted by molar-refractivity contribution is 7.12. The molecule has 1 N–H and O–H groups in total. The molecule has 0 radical (unpaired) electrons. The van der Waals surface area contributed by atoms with Gasteiger partial charge in [-0.3, -0.25) is 4.79 Å². The van der Waals surface area contributed by atoms with Gasteiger partial charge in [-0.1, -0.05) is 23.5 Å². The lowest BCUT2D eigenvalue weighted by atomic mass is 10.1. The van der Waals surface area contributed by atoms with Crippen LogP contribution in [0.2, 0.25) is 0 Å². The summed E-state index contributed by atoms with van der Waals surface area (Å²) < 4.78 is 36.8. The molecule has 0 atom stereocenters. The Kier molecular flexibility index (Phi) is 2.59. The van der Waals surface area contributed by atoms with Crippen molar-refractivity contribution in [3.8, 4) is 10.4 Å². The Hall–Kier alpha value is -1.56. The molecule has 0 unspecified atom stereocenters. The molecule has 0 saturated carbocycles. The van der Waals surface area contributed by atoms with Crippen molar-refractivity contribution in [2.75, 3.05) is 0 Å². The van der Waals surface area contributed by atoms with Crippen LogP contribution in [0, 0.1) is 0 Å². The second-order valence-corrected chi connectivity index (χ2v) is 4.13. The van der Waals surface area contributed by atoms with E-state index in [0.29, 0.717) is 10.4 Å². The van der Waals surface area contributed by atoms with E-state index in [1.807, 2.05) is 0 Å². The SMILES string of the molecule is O=c1[nH]cc(-c2ccc(C(F)(F)F)cc2)s1. The molecule has 0 aliphatic carbocycles. The van der Waals surface area contributed by atoms with Gasteiger partial charge in [-0.15, -0.1) is 0 Å². The lowest BCUT2D eigenvalue weighted by Gasteiger charge is -2.06. The smallest absolute Gasteiger partial charge is 0.319 e. The van der Waals surface area contributed by atoms with E-state index in [-0.39, 0.29) is 4.87 Å². The third kappa shape index (κ3) is 2.16. The third-order valence-corrected chi connectivity index (χ3v) is 2.90. The zero-order valence-corrected chi connectivity index (χ0v) is 8.65. The number of alkyl halides is 3. The number of thiazole rings is 1. The van der Waals surface area contributed by atoms with Crippen molar-refractivity contribution in [3.05, 3.63) is 45.7 Å². The van der Waals surface area contributed by atoms with Crippen molar-refractivity contribution in [2.45, 2.75) is 6.18 Å². The number of aromatic amines is 1. The maximum absolute atomic E-state index is 12.3. The average molecular weight is 245 g/mol. The Morgan fingerprint density at radius 2 is 1.75 bits per heavy atom. The highest BCUT2D eigenvalue weighted by Crippen LogP contribution is 2.31. The van der Waals surface area contributed by atoms with Gasteiger partial charge in [0.1, 0.15) is 0 Å². The van der Waals surface area contributed by atoms with Crippen LogP contribution in [-0.2, 0) is 6.18 Å². The fraction of sp³-hybridized carbons (Fsp3) is 0.100. The quantitative estimate of drug-likeness (QED) is 0.822. The van der Waals surface area contributed by atoms with Gasteiger partial charge in [0.25, 0.3) is 0 Å². The zero-order chi connectivity index (χ0) is 11.8. The van der Waals surface area contributed by atoms with Crippen molar-refractivity contribution in [1.82, 2.24) is 4.98 Å².